The summed E-state index contributed by atoms with van der Waals surface area (Å²) in [5.74, 6) is -0.330. The van der Waals surface area contributed by atoms with Crippen LogP contribution in [0.15, 0.2) is 24.3 Å². The summed E-state index contributed by atoms with van der Waals surface area (Å²) >= 11 is 0. The zero-order chi connectivity index (χ0) is 14.1. The first-order valence-electron chi connectivity index (χ1n) is 6.24. The number of ether oxygens (including phenoxy) is 1. The van der Waals surface area contributed by atoms with E-state index in [0.717, 1.165) is 6.54 Å². The summed E-state index contributed by atoms with van der Waals surface area (Å²) in [5.41, 5.74) is 0.874. The third kappa shape index (κ3) is 5.19. The number of ketones is 1. The molecule has 104 valence electrons. The van der Waals surface area contributed by atoms with Gasteiger partial charge >= 0.3 is 0 Å². The SMILES string of the molecule is COCCNCCNC(=O)c1ccccc1C(C)=O. The average molecular weight is 264 g/mol. The van der Waals surface area contributed by atoms with Crippen LogP contribution in [0.5, 0.6) is 0 Å². The molecule has 0 spiro atoms. The Bertz CT molecular complexity index is 432. The van der Waals surface area contributed by atoms with E-state index in [1.807, 2.05) is 0 Å². The van der Waals surface area contributed by atoms with E-state index in [4.69, 9.17) is 4.74 Å². The Balaban J connectivity index is 2.43. The minimum absolute atomic E-state index is 0.107. The summed E-state index contributed by atoms with van der Waals surface area (Å²) < 4.78 is 4.89. The Morgan fingerprint density at radius 1 is 1.11 bits per heavy atom. The Morgan fingerprint density at radius 3 is 2.42 bits per heavy atom. The second-order valence-electron chi connectivity index (χ2n) is 4.10. The highest BCUT2D eigenvalue weighted by atomic mass is 16.5. The number of hydrogen-bond acceptors (Lipinski definition) is 4. The lowest BCUT2D eigenvalue weighted by atomic mass is 10.0. The lowest BCUT2D eigenvalue weighted by Crippen LogP contribution is -2.33. The number of benzene rings is 1. The zero-order valence-corrected chi connectivity index (χ0v) is 11.4. The molecule has 0 aliphatic rings. The first-order chi connectivity index (χ1) is 9.16. The van der Waals surface area contributed by atoms with Crippen LogP contribution >= 0.6 is 0 Å². The number of Topliss-reactive ketones (excluding diaryl/α,β-unsaturated/α-hetero) is 1. The number of carbonyl (C=O) groups excluding carboxylic acids is 2. The molecule has 2 N–H and O–H groups in total. The van der Waals surface area contributed by atoms with Crippen LogP contribution < -0.4 is 10.6 Å². The molecule has 0 saturated heterocycles. The molecule has 0 aromatic heterocycles. The van der Waals surface area contributed by atoms with Gasteiger partial charge in [0.2, 0.25) is 0 Å². The third-order valence-corrected chi connectivity index (χ3v) is 2.62. The van der Waals surface area contributed by atoms with E-state index >= 15 is 0 Å². The number of methoxy groups -OCH3 is 1. The topological polar surface area (TPSA) is 67.4 Å². The van der Waals surface area contributed by atoms with Gasteiger partial charge in [-0.15, -0.1) is 0 Å². The molecule has 0 fully saturated rings. The molecule has 5 heteroatoms. The molecule has 0 unspecified atom stereocenters. The van der Waals surface area contributed by atoms with Crippen LogP contribution in [0.4, 0.5) is 0 Å². The average Bonchev–Trinajstić information content (AvgIpc) is 2.42. The molecular weight excluding hydrogens is 244 g/mol. The highest BCUT2D eigenvalue weighted by Crippen LogP contribution is 2.09. The first-order valence-corrected chi connectivity index (χ1v) is 6.24. The second-order valence-corrected chi connectivity index (χ2v) is 4.10. The number of hydrogen-bond donors (Lipinski definition) is 2. The minimum Gasteiger partial charge on any atom is -0.383 e. The van der Waals surface area contributed by atoms with Gasteiger partial charge < -0.3 is 15.4 Å². The molecule has 1 aromatic carbocycles. The van der Waals surface area contributed by atoms with E-state index in [9.17, 15) is 9.59 Å². The van der Waals surface area contributed by atoms with Crippen molar-refractivity contribution in [1.82, 2.24) is 10.6 Å². The van der Waals surface area contributed by atoms with Crippen molar-refractivity contribution in [1.29, 1.82) is 0 Å². The Hall–Kier alpha value is -1.72. The molecule has 0 aliphatic heterocycles. The van der Waals surface area contributed by atoms with Crippen LogP contribution in [0.2, 0.25) is 0 Å². The standard InChI is InChI=1S/C14H20N2O3/c1-11(17)12-5-3-4-6-13(12)14(18)16-8-7-15-9-10-19-2/h3-6,15H,7-10H2,1-2H3,(H,16,18). The zero-order valence-electron chi connectivity index (χ0n) is 11.4. The molecule has 0 radical (unpaired) electrons. The maximum absolute atomic E-state index is 11.9. The maximum atomic E-state index is 11.9. The van der Waals surface area contributed by atoms with Crippen molar-refractivity contribution in [2.45, 2.75) is 6.92 Å². The monoisotopic (exact) mass is 264 g/mol. The van der Waals surface area contributed by atoms with Crippen LogP contribution in [-0.2, 0) is 4.74 Å². The molecular formula is C14H20N2O3. The van der Waals surface area contributed by atoms with Gasteiger partial charge in [-0.05, 0) is 13.0 Å². The van der Waals surface area contributed by atoms with E-state index < -0.39 is 0 Å². The van der Waals surface area contributed by atoms with Gasteiger partial charge in [-0.2, -0.15) is 0 Å². The highest BCUT2D eigenvalue weighted by Gasteiger charge is 2.12. The van der Waals surface area contributed by atoms with Crippen LogP contribution in [0.1, 0.15) is 27.6 Å². The first kappa shape index (κ1) is 15.3. The quantitative estimate of drug-likeness (QED) is 0.540. The third-order valence-electron chi connectivity index (χ3n) is 2.62. The van der Waals surface area contributed by atoms with Crippen molar-refractivity contribution in [3.63, 3.8) is 0 Å². The normalized spacial score (nSPS) is 10.2. The minimum atomic E-state index is -0.223. The summed E-state index contributed by atoms with van der Waals surface area (Å²) in [6.45, 7) is 4.02. The molecule has 0 heterocycles. The van der Waals surface area contributed by atoms with Crippen LogP contribution in [0, 0.1) is 0 Å². The van der Waals surface area contributed by atoms with E-state index in [2.05, 4.69) is 10.6 Å². The molecule has 19 heavy (non-hydrogen) atoms. The summed E-state index contributed by atoms with van der Waals surface area (Å²) in [6.07, 6.45) is 0. The summed E-state index contributed by atoms with van der Waals surface area (Å²) in [5, 5.41) is 5.90. The summed E-state index contributed by atoms with van der Waals surface area (Å²) in [7, 11) is 1.64. The molecule has 1 amide bonds. The largest absolute Gasteiger partial charge is 0.383 e. The van der Waals surface area contributed by atoms with Crippen molar-refractivity contribution in [3.05, 3.63) is 35.4 Å². The van der Waals surface area contributed by atoms with Crippen molar-refractivity contribution in [2.24, 2.45) is 0 Å². The van der Waals surface area contributed by atoms with Gasteiger partial charge in [0.15, 0.2) is 5.78 Å². The molecule has 0 saturated carbocycles. The smallest absolute Gasteiger partial charge is 0.252 e. The van der Waals surface area contributed by atoms with E-state index in [1.165, 1.54) is 6.92 Å². The van der Waals surface area contributed by atoms with Crippen molar-refractivity contribution in [3.8, 4) is 0 Å². The highest BCUT2D eigenvalue weighted by molar-refractivity contribution is 6.07. The molecule has 1 rings (SSSR count). The van der Waals surface area contributed by atoms with Gasteiger partial charge in [-0.3, -0.25) is 9.59 Å². The van der Waals surface area contributed by atoms with Gasteiger partial charge in [-0.25, -0.2) is 0 Å². The Kier molecular flexibility index (Phi) is 6.78. The van der Waals surface area contributed by atoms with Crippen molar-refractivity contribution >= 4 is 11.7 Å². The van der Waals surface area contributed by atoms with E-state index in [0.29, 0.717) is 30.8 Å². The van der Waals surface area contributed by atoms with Gasteiger partial charge in [0.05, 0.1) is 12.2 Å². The fourth-order valence-corrected chi connectivity index (χ4v) is 1.65. The Morgan fingerprint density at radius 2 is 1.79 bits per heavy atom. The van der Waals surface area contributed by atoms with Crippen LogP contribution in [-0.4, -0.2) is 45.0 Å². The van der Waals surface area contributed by atoms with E-state index in [-0.39, 0.29) is 11.7 Å². The number of carbonyl (C=O) groups is 2. The lowest BCUT2D eigenvalue weighted by Gasteiger charge is -2.09. The summed E-state index contributed by atoms with van der Waals surface area (Å²) in [4.78, 5) is 23.4. The Labute approximate surface area is 113 Å². The van der Waals surface area contributed by atoms with Gasteiger partial charge in [0.1, 0.15) is 0 Å². The molecule has 0 atom stereocenters. The summed E-state index contributed by atoms with van der Waals surface area (Å²) in [6, 6.07) is 6.82. The number of rotatable bonds is 8. The molecule has 1 aromatic rings. The molecule has 0 bridgehead atoms. The van der Waals surface area contributed by atoms with E-state index in [1.54, 1.807) is 31.4 Å². The lowest BCUT2D eigenvalue weighted by molar-refractivity contribution is 0.0939. The van der Waals surface area contributed by atoms with Crippen molar-refractivity contribution in [2.75, 3.05) is 33.4 Å². The van der Waals surface area contributed by atoms with Gasteiger partial charge in [0, 0.05) is 32.3 Å². The van der Waals surface area contributed by atoms with Crippen LogP contribution in [0.3, 0.4) is 0 Å². The second kappa shape index (κ2) is 8.39. The fraction of sp³-hybridized carbons (Fsp3) is 0.429. The predicted molar refractivity (Wildman–Crippen MR) is 73.5 cm³/mol. The van der Waals surface area contributed by atoms with Crippen molar-refractivity contribution < 1.29 is 14.3 Å². The predicted octanol–water partition coefficient (Wildman–Crippen LogP) is 0.855. The van der Waals surface area contributed by atoms with Crippen LogP contribution in [0.25, 0.3) is 0 Å². The number of amides is 1. The molecule has 0 aliphatic carbocycles. The fourth-order valence-electron chi connectivity index (χ4n) is 1.65. The number of nitrogens with one attached hydrogen (secondary N) is 2. The molecule has 5 nitrogen and oxygen atoms in total. The van der Waals surface area contributed by atoms with Gasteiger partial charge in [-0.1, -0.05) is 18.2 Å². The van der Waals surface area contributed by atoms with Gasteiger partial charge in [0.25, 0.3) is 5.91 Å². The maximum Gasteiger partial charge on any atom is 0.252 e.